The van der Waals surface area contributed by atoms with E-state index in [0.717, 1.165) is 11.0 Å². The quantitative estimate of drug-likeness (QED) is 0.866. The number of halogens is 2. The van der Waals surface area contributed by atoms with Crippen molar-refractivity contribution in [3.8, 4) is 0 Å². The third kappa shape index (κ3) is 4.74. The van der Waals surface area contributed by atoms with Gasteiger partial charge in [-0.05, 0) is 32.5 Å². The standard InChI is InChI=1S/C13H19BrFNO/c1-4-16-13(8-17-9(2)3)11-6-5-10(14)7-12(11)15/h5-7,9,13,16H,4,8H2,1-3H3. The lowest BCUT2D eigenvalue weighted by atomic mass is 10.1. The number of hydrogen-bond acceptors (Lipinski definition) is 2. The van der Waals surface area contributed by atoms with Crippen LogP contribution in [0.25, 0.3) is 0 Å². The molecule has 0 aliphatic carbocycles. The number of nitrogens with one attached hydrogen (secondary N) is 1. The molecule has 0 heterocycles. The maximum absolute atomic E-state index is 13.8. The number of hydrogen-bond donors (Lipinski definition) is 1. The van der Waals surface area contributed by atoms with Gasteiger partial charge < -0.3 is 10.1 Å². The largest absolute Gasteiger partial charge is 0.377 e. The molecule has 96 valence electrons. The molecule has 1 aromatic carbocycles. The van der Waals surface area contributed by atoms with Gasteiger partial charge in [-0.15, -0.1) is 0 Å². The summed E-state index contributed by atoms with van der Waals surface area (Å²) in [5.41, 5.74) is 0.649. The Morgan fingerprint density at radius 1 is 1.41 bits per heavy atom. The van der Waals surface area contributed by atoms with E-state index in [1.807, 2.05) is 26.8 Å². The zero-order valence-electron chi connectivity index (χ0n) is 10.5. The van der Waals surface area contributed by atoms with Crippen LogP contribution in [0.5, 0.6) is 0 Å². The topological polar surface area (TPSA) is 21.3 Å². The van der Waals surface area contributed by atoms with E-state index in [2.05, 4.69) is 21.2 Å². The molecule has 4 heteroatoms. The summed E-state index contributed by atoms with van der Waals surface area (Å²) in [6.07, 6.45) is 0.148. The molecule has 0 aliphatic rings. The highest BCUT2D eigenvalue weighted by atomic mass is 79.9. The minimum atomic E-state index is -0.210. The van der Waals surface area contributed by atoms with Crippen molar-refractivity contribution < 1.29 is 9.13 Å². The van der Waals surface area contributed by atoms with Gasteiger partial charge in [0, 0.05) is 10.0 Å². The average molecular weight is 304 g/mol. The van der Waals surface area contributed by atoms with Gasteiger partial charge in [-0.3, -0.25) is 0 Å². The first-order valence-electron chi connectivity index (χ1n) is 5.84. The Labute approximate surface area is 111 Å². The average Bonchev–Trinajstić information content (AvgIpc) is 2.24. The lowest BCUT2D eigenvalue weighted by molar-refractivity contribution is 0.0607. The van der Waals surface area contributed by atoms with E-state index in [9.17, 15) is 4.39 Å². The SMILES string of the molecule is CCNC(COC(C)C)c1ccc(Br)cc1F. The fourth-order valence-electron chi connectivity index (χ4n) is 1.58. The van der Waals surface area contributed by atoms with Crippen LogP contribution >= 0.6 is 15.9 Å². The molecule has 1 N–H and O–H groups in total. The number of benzene rings is 1. The smallest absolute Gasteiger partial charge is 0.129 e. The Kier molecular flexibility index (Phi) is 6.09. The molecule has 0 aromatic heterocycles. The fourth-order valence-corrected chi connectivity index (χ4v) is 1.91. The summed E-state index contributed by atoms with van der Waals surface area (Å²) in [4.78, 5) is 0. The minimum absolute atomic E-state index is 0.101. The second kappa shape index (κ2) is 7.09. The second-order valence-corrected chi connectivity index (χ2v) is 5.07. The van der Waals surface area contributed by atoms with Crippen LogP contribution in [0.15, 0.2) is 22.7 Å². The Morgan fingerprint density at radius 3 is 2.65 bits per heavy atom. The minimum Gasteiger partial charge on any atom is -0.377 e. The molecule has 0 aliphatic heterocycles. The molecule has 1 rings (SSSR count). The zero-order chi connectivity index (χ0) is 12.8. The first kappa shape index (κ1) is 14.6. The maximum atomic E-state index is 13.8. The van der Waals surface area contributed by atoms with Gasteiger partial charge in [-0.25, -0.2) is 4.39 Å². The molecular weight excluding hydrogens is 285 g/mol. The monoisotopic (exact) mass is 303 g/mol. The summed E-state index contributed by atoms with van der Waals surface area (Å²) in [6.45, 7) is 7.20. The third-order valence-corrected chi connectivity index (χ3v) is 2.88. The molecule has 1 aromatic rings. The Hall–Kier alpha value is -0.450. The van der Waals surface area contributed by atoms with Gasteiger partial charge in [-0.1, -0.05) is 28.9 Å². The summed E-state index contributed by atoms with van der Waals surface area (Å²) < 4.78 is 20.1. The zero-order valence-corrected chi connectivity index (χ0v) is 12.1. The van der Waals surface area contributed by atoms with Crippen LogP contribution in [0.4, 0.5) is 4.39 Å². The lowest BCUT2D eigenvalue weighted by Gasteiger charge is -2.20. The molecule has 0 amide bonds. The van der Waals surface area contributed by atoms with Gasteiger partial charge in [0.15, 0.2) is 0 Å². The van der Waals surface area contributed by atoms with Gasteiger partial charge in [0.1, 0.15) is 5.82 Å². The van der Waals surface area contributed by atoms with E-state index in [1.54, 1.807) is 6.07 Å². The van der Waals surface area contributed by atoms with Crippen LogP contribution < -0.4 is 5.32 Å². The van der Waals surface area contributed by atoms with Crippen molar-refractivity contribution in [2.24, 2.45) is 0 Å². The summed E-state index contributed by atoms with van der Waals surface area (Å²) in [6, 6.07) is 5.01. The van der Waals surface area contributed by atoms with E-state index in [-0.39, 0.29) is 18.0 Å². The first-order chi connectivity index (χ1) is 8.04. The molecule has 2 nitrogen and oxygen atoms in total. The van der Waals surface area contributed by atoms with Crippen molar-refractivity contribution in [2.75, 3.05) is 13.2 Å². The normalized spacial score (nSPS) is 13.1. The van der Waals surface area contributed by atoms with E-state index in [0.29, 0.717) is 12.2 Å². The van der Waals surface area contributed by atoms with Gasteiger partial charge in [0.25, 0.3) is 0 Å². The molecule has 0 bridgehead atoms. The van der Waals surface area contributed by atoms with E-state index < -0.39 is 0 Å². The highest BCUT2D eigenvalue weighted by Gasteiger charge is 2.15. The Bertz CT molecular complexity index is 357. The number of ether oxygens (including phenoxy) is 1. The summed E-state index contributed by atoms with van der Waals surface area (Å²) in [5.74, 6) is -0.210. The molecule has 0 fully saturated rings. The van der Waals surface area contributed by atoms with E-state index in [4.69, 9.17) is 4.74 Å². The predicted molar refractivity (Wildman–Crippen MR) is 71.6 cm³/mol. The van der Waals surface area contributed by atoms with Crippen molar-refractivity contribution in [1.82, 2.24) is 5.32 Å². The van der Waals surface area contributed by atoms with Crippen LogP contribution in [-0.2, 0) is 4.74 Å². The molecule has 0 radical (unpaired) electrons. The van der Waals surface area contributed by atoms with Gasteiger partial charge in [0.05, 0.1) is 18.8 Å². The summed E-state index contributed by atoms with van der Waals surface area (Å²) >= 11 is 3.25. The molecule has 1 unspecified atom stereocenters. The Morgan fingerprint density at radius 2 is 2.12 bits per heavy atom. The lowest BCUT2D eigenvalue weighted by Crippen LogP contribution is -2.27. The molecule has 0 saturated heterocycles. The van der Waals surface area contributed by atoms with Crippen LogP contribution in [0.2, 0.25) is 0 Å². The van der Waals surface area contributed by atoms with E-state index >= 15 is 0 Å². The van der Waals surface area contributed by atoms with Gasteiger partial charge in [0.2, 0.25) is 0 Å². The molecule has 17 heavy (non-hydrogen) atoms. The number of likely N-dealkylation sites (N-methyl/N-ethyl adjacent to an activating group) is 1. The summed E-state index contributed by atoms with van der Waals surface area (Å²) in [5, 5.41) is 3.23. The predicted octanol–water partition coefficient (Wildman–Crippen LogP) is 3.66. The Balaban J connectivity index is 2.81. The highest BCUT2D eigenvalue weighted by molar-refractivity contribution is 9.10. The van der Waals surface area contributed by atoms with Gasteiger partial charge >= 0.3 is 0 Å². The summed E-state index contributed by atoms with van der Waals surface area (Å²) in [7, 11) is 0. The maximum Gasteiger partial charge on any atom is 0.129 e. The first-order valence-corrected chi connectivity index (χ1v) is 6.63. The fraction of sp³-hybridized carbons (Fsp3) is 0.538. The molecular formula is C13H19BrFNO. The van der Waals surface area contributed by atoms with Crippen molar-refractivity contribution >= 4 is 15.9 Å². The second-order valence-electron chi connectivity index (χ2n) is 4.16. The van der Waals surface area contributed by atoms with E-state index in [1.165, 1.54) is 6.07 Å². The van der Waals surface area contributed by atoms with Crippen molar-refractivity contribution in [1.29, 1.82) is 0 Å². The number of rotatable bonds is 6. The van der Waals surface area contributed by atoms with Crippen LogP contribution in [-0.4, -0.2) is 19.3 Å². The molecule has 1 atom stereocenters. The van der Waals surface area contributed by atoms with Gasteiger partial charge in [-0.2, -0.15) is 0 Å². The highest BCUT2D eigenvalue weighted by Crippen LogP contribution is 2.21. The molecule has 0 saturated carbocycles. The van der Waals surface area contributed by atoms with Crippen LogP contribution in [0, 0.1) is 5.82 Å². The van der Waals surface area contributed by atoms with Crippen molar-refractivity contribution in [3.63, 3.8) is 0 Å². The third-order valence-electron chi connectivity index (χ3n) is 2.38. The van der Waals surface area contributed by atoms with Crippen molar-refractivity contribution in [3.05, 3.63) is 34.1 Å². The van der Waals surface area contributed by atoms with Crippen LogP contribution in [0.3, 0.4) is 0 Å². The van der Waals surface area contributed by atoms with Crippen molar-refractivity contribution in [2.45, 2.75) is 32.9 Å². The molecule has 0 spiro atoms. The van der Waals surface area contributed by atoms with Crippen LogP contribution in [0.1, 0.15) is 32.4 Å².